The highest BCUT2D eigenvalue weighted by molar-refractivity contribution is 5.87. The molecule has 5 nitrogen and oxygen atoms in total. The molecule has 20 heavy (non-hydrogen) atoms. The zero-order valence-electron chi connectivity index (χ0n) is 11.2. The highest BCUT2D eigenvalue weighted by Crippen LogP contribution is 2.36. The maximum atomic E-state index is 11.7. The first-order chi connectivity index (χ1) is 9.65. The normalized spacial score (nSPS) is 31.6. The van der Waals surface area contributed by atoms with Gasteiger partial charge in [-0.1, -0.05) is 30.3 Å². The molecule has 2 heterocycles. The van der Waals surface area contributed by atoms with Gasteiger partial charge in [0.05, 0.1) is 6.61 Å². The van der Waals surface area contributed by atoms with Crippen LogP contribution in [0.4, 0.5) is 0 Å². The first kappa shape index (κ1) is 13.3. The number of fused-ring (bicyclic) bond motifs is 2. The van der Waals surface area contributed by atoms with Crippen molar-refractivity contribution >= 4 is 11.8 Å². The Morgan fingerprint density at radius 2 is 2.05 bits per heavy atom. The molecule has 1 aromatic rings. The summed E-state index contributed by atoms with van der Waals surface area (Å²) in [6, 6.07) is 9.65. The Labute approximate surface area is 116 Å². The number of rotatable bonds is 4. The van der Waals surface area contributed by atoms with E-state index in [-0.39, 0.29) is 17.9 Å². The minimum atomic E-state index is -0.604. The van der Waals surface area contributed by atoms with E-state index in [1.807, 2.05) is 30.3 Å². The molecule has 2 aliphatic heterocycles. The van der Waals surface area contributed by atoms with E-state index in [4.69, 9.17) is 14.2 Å². The summed E-state index contributed by atoms with van der Waals surface area (Å²) in [6.45, 7) is 1.71. The summed E-state index contributed by atoms with van der Waals surface area (Å²) in [5.74, 6) is -0.358. The van der Waals surface area contributed by atoms with Crippen LogP contribution in [0.3, 0.4) is 0 Å². The molecule has 0 aromatic heterocycles. The van der Waals surface area contributed by atoms with Gasteiger partial charge in [-0.2, -0.15) is 0 Å². The third-order valence-electron chi connectivity index (χ3n) is 3.62. The van der Waals surface area contributed by atoms with Crippen molar-refractivity contribution in [2.45, 2.75) is 44.4 Å². The first-order valence-corrected chi connectivity index (χ1v) is 6.66. The lowest BCUT2D eigenvalue weighted by Gasteiger charge is -2.26. The van der Waals surface area contributed by atoms with Crippen molar-refractivity contribution in [3.05, 3.63) is 35.9 Å². The lowest BCUT2D eigenvalue weighted by Crippen LogP contribution is -2.45. The van der Waals surface area contributed by atoms with Gasteiger partial charge in [-0.15, -0.1) is 0 Å². The van der Waals surface area contributed by atoms with Gasteiger partial charge in [0.1, 0.15) is 18.3 Å². The molecule has 0 aliphatic carbocycles. The van der Waals surface area contributed by atoms with Crippen molar-refractivity contribution in [1.82, 2.24) is 0 Å². The van der Waals surface area contributed by atoms with Crippen LogP contribution in [0.1, 0.15) is 18.9 Å². The molecule has 3 rings (SSSR count). The minimum absolute atomic E-state index is 0.0245. The Bertz CT molecular complexity index is 512. The van der Waals surface area contributed by atoms with Crippen LogP contribution < -0.4 is 0 Å². The molecular weight excluding hydrogens is 260 g/mol. The van der Waals surface area contributed by atoms with Gasteiger partial charge in [-0.3, -0.25) is 9.59 Å². The number of esters is 1. The van der Waals surface area contributed by atoms with E-state index < -0.39 is 18.3 Å². The Kier molecular flexibility index (Phi) is 3.54. The van der Waals surface area contributed by atoms with E-state index >= 15 is 0 Å². The van der Waals surface area contributed by atoms with E-state index in [1.165, 1.54) is 6.92 Å². The Morgan fingerprint density at radius 3 is 2.75 bits per heavy atom. The smallest absolute Gasteiger partial charge is 0.303 e. The van der Waals surface area contributed by atoms with Gasteiger partial charge in [0.15, 0.2) is 11.9 Å². The molecule has 0 radical (unpaired) electrons. The summed E-state index contributed by atoms with van der Waals surface area (Å²) < 4.78 is 16.6. The number of hydrogen-bond donors (Lipinski definition) is 0. The van der Waals surface area contributed by atoms with Crippen LogP contribution in [0, 0.1) is 0 Å². The van der Waals surface area contributed by atoms with Gasteiger partial charge < -0.3 is 14.2 Å². The second-order valence-corrected chi connectivity index (χ2v) is 5.10. The monoisotopic (exact) mass is 276 g/mol. The number of ketones is 1. The largest absolute Gasteiger partial charge is 0.457 e. The molecule has 0 saturated carbocycles. The molecule has 0 N–H and O–H groups in total. The quantitative estimate of drug-likeness (QED) is 0.774. The number of ether oxygens (including phenoxy) is 3. The van der Waals surface area contributed by atoms with Gasteiger partial charge in [0.2, 0.25) is 0 Å². The summed E-state index contributed by atoms with van der Waals surface area (Å²) in [7, 11) is 0. The zero-order valence-corrected chi connectivity index (χ0v) is 11.2. The number of hydrogen-bond acceptors (Lipinski definition) is 5. The summed E-state index contributed by atoms with van der Waals surface area (Å²) in [5, 5.41) is 0. The fraction of sp³-hybridized carbons (Fsp3) is 0.467. The lowest BCUT2D eigenvalue weighted by atomic mass is 9.93. The molecule has 4 atom stereocenters. The summed E-state index contributed by atoms with van der Waals surface area (Å²) >= 11 is 0. The van der Waals surface area contributed by atoms with Crippen molar-refractivity contribution in [1.29, 1.82) is 0 Å². The highest BCUT2D eigenvalue weighted by atomic mass is 16.6. The summed E-state index contributed by atoms with van der Waals surface area (Å²) in [6.07, 6.45) is -1.66. The predicted molar refractivity (Wildman–Crippen MR) is 68.9 cm³/mol. The number of carbonyl (C=O) groups excluding carboxylic acids is 2. The molecule has 1 aromatic carbocycles. The molecule has 0 amide bonds. The molecule has 2 aliphatic rings. The van der Waals surface area contributed by atoms with Crippen LogP contribution in [0.5, 0.6) is 0 Å². The van der Waals surface area contributed by atoms with Crippen LogP contribution >= 0.6 is 0 Å². The molecular formula is C15H16O5. The molecule has 0 spiro atoms. The third-order valence-corrected chi connectivity index (χ3v) is 3.62. The van der Waals surface area contributed by atoms with E-state index in [1.54, 1.807) is 0 Å². The first-order valence-electron chi connectivity index (χ1n) is 6.66. The van der Waals surface area contributed by atoms with Crippen molar-refractivity contribution in [3.63, 3.8) is 0 Å². The Balaban J connectivity index is 1.69. The molecule has 5 heteroatoms. The Morgan fingerprint density at radius 1 is 1.30 bits per heavy atom. The maximum absolute atomic E-state index is 11.7. The fourth-order valence-electron chi connectivity index (χ4n) is 2.75. The van der Waals surface area contributed by atoms with E-state index in [0.717, 1.165) is 5.56 Å². The minimum Gasteiger partial charge on any atom is -0.457 e. The second-order valence-electron chi connectivity index (χ2n) is 5.10. The molecule has 2 fully saturated rings. The van der Waals surface area contributed by atoms with Crippen LogP contribution in [-0.2, 0) is 30.4 Å². The molecule has 2 bridgehead atoms. The third kappa shape index (κ3) is 2.46. The van der Waals surface area contributed by atoms with E-state index in [0.29, 0.717) is 13.0 Å². The van der Waals surface area contributed by atoms with Crippen molar-refractivity contribution in [3.8, 4) is 0 Å². The predicted octanol–water partition coefficient (Wildman–Crippen LogP) is 1.24. The summed E-state index contributed by atoms with van der Waals surface area (Å²) in [5.41, 5.74) is 1.00. The topological polar surface area (TPSA) is 61.8 Å². The lowest BCUT2D eigenvalue weighted by molar-refractivity contribution is -0.158. The van der Waals surface area contributed by atoms with Gasteiger partial charge in [0, 0.05) is 13.3 Å². The zero-order chi connectivity index (χ0) is 14.1. The van der Waals surface area contributed by atoms with Crippen molar-refractivity contribution < 1.29 is 23.8 Å². The maximum Gasteiger partial charge on any atom is 0.303 e. The molecule has 0 unspecified atom stereocenters. The van der Waals surface area contributed by atoms with Crippen LogP contribution in [0.15, 0.2) is 30.3 Å². The molecule has 106 valence electrons. The van der Waals surface area contributed by atoms with Gasteiger partial charge in [0.25, 0.3) is 0 Å². The van der Waals surface area contributed by atoms with Gasteiger partial charge in [-0.05, 0) is 5.56 Å². The Hall–Kier alpha value is -1.72. The van der Waals surface area contributed by atoms with Crippen molar-refractivity contribution in [2.75, 3.05) is 0 Å². The van der Waals surface area contributed by atoms with Crippen LogP contribution in [0.2, 0.25) is 0 Å². The van der Waals surface area contributed by atoms with Crippen LogP contribution in [-0.4, -0.2) is 36.2 Å². The number of Topliss-reactive ketones (excluding diaryl/α,β-unsaturated/α-hetero) is 1. The summed E-state index contributed by atoms with van der Waals surface area (Å²) in [4.78, 5) is 22.9. The van der Waals surface area contributed by atoms with Gasteiger partial charge in [-0.25, -0.2) is 0 Å². The fourth-order valence-corrected chi connectivity index (χ4v) is 2.75. The van der Waals surface area contributed by atoms with Crippen molar-refractivity contribution in [2.24, 2.45) is 0 Å². The average Bonchev–Trinajstić information content (AvgIpc) is 2.94. The second kappa shape index (κ2) is 5.34. The highest BCUT2D eigenvalue weighted by Gasteiger charge is 2.56. The standard InChI is InChI=1S/C15H16O5/c1-9(16)19-14-12-7-11(17)13(20-12)15(14)18-8-10-5-3-2-4-6-10/h2-6,12-15H,7-8H2,1H3/t12-,13+,14-,15-/m1/s1. The van der Waals surface area contributed by atoms with Crippen LogP contribution in [0.25, 0.3) is 0 Å². The van der Waals surface area contributed by atoms with E-state index in [9.17, 15) is 9.59 Å². The number of benzene rings is 1. The average molecular weight is 276 g/mol. The molecule has 2 saturated heterocycles. The van der Waals surface area contributed by atoms with E-state index in [2.05, 4.69) is 0 Å². The van der Waals surface area contributed by atoms with Gasteiger partial charge >= 0.3 is 5.97 Å². The number of carbonyl (C=O) groups is 2. The SMILES string of the molecule is CC(=O)O[C@H]1[C@H](OCc2ccccc2)[C@H]2O[C@@H]1CC2=O.